The van der Waals surface area contributed by atoms with Crippen molar-refractivity contribution in [1.82, 2.24) is 0 Å². The molecule has 1 saturated heterocycles. The van der Waals surface area contributed by atoms with E-state index in [2.05, 4.69) is 13.0 Å². The minimum atomic E-state index is 0.873. The van der Waals surface area contributed by atoms with Crippen LogP contribution >= 0.6 is 0 Å². The van der Waals surface area contributed by atoms with Crippen LogP contribution < -0.4 is 4.90 Å². The monoisotopic (exact) mass is 182 g/mol. The van der Waals surface area contributed by atoms with Crippen molar-refractivity contribution in [3.05, 3.63) is 11.6 Å². The highest BCUT2D eigenvalue weighted by molar-refractivity contribution is 4.99. The molecule has 2 aliphatic rings. The van der Waals surface area contributed by atoms with E-state index >= 15 is 0 Å². The van der Waals surface area contributed by atoms with Crippen LogP contribution in [-0.2, 0) is 4.74 Å². The van der Waals surface area contributed by atoms with Crippen LogP contribution in [-0.4, -0.2) is 32.3 Å². The fourth-order valence-corrected chi connectivity index (χ4v) is 2.48. The zero-order valence-electron chi connectivity index (χ0n) is 8.51. The van der Waals surface area contributed by atoms with Gasteiger partial charge >= 0.3 is 0 Å². The first kappa shape index (κ1) is 9.22. The molecule has 0 aromatic heterocycles. The zero-order chi connectivity index (χ0) is 9.10. The topological polar surface area (TPSA) is 13.7 Å². The molecule has 0 saturated carbocycles. The molecule has 2 heteroatoms. The van der Waals surface area contributed by atoms with Crippen molar-refractivity contribution >= 4 is 0 Å². The number of nitrogens with one attached hydrogen (secondary N) is 1. The standard InChI is InChI=1S/C11H19NO/c1-10-3-2-6-12(9-10)11-4-7-13-8-5-11/h3,11H,2,4-9H2,1H3/p+1. The summed E-state index contributed by atoms with van der Waals surface area (Å²) in [5.41, 5.74) is 1.58. The molecule has 2 aliphatic heterocycles. The molecule has 1 atom stereocenters. The lowest BCUT2D eigenvalue weighted by Gasteiger charge is -2.33. The molecule has 13 heavy (non-hydrogen) atoms. The van der Waals surface area contributed by atoms with E-state index in [0.717, 1.165) is 19.3 Å². The molecule has 0 spiro atoms. The molecule has 74 valence electrons. The third-order valence-electron chi connectivity index (χ3n) is 3.26. The van der Waals surface area contributed by atoms with Crippen molar-refractivity contribution in [2.24, 2.45) is 0 Å². The van der Waals surface area contributed by atoms with E-state index in [1.165, 1.54) is 32.4 Å². The molecule has 0 aromatic rings. The van der Waals surface area contributed by atoms with Crippen LogP contribution in [0.25, 0.3) is 0 Å². The predicted molar refractivity (Wildman–Crippen MR) is 52.9 cm³/mol. The Morgan fingerprint density at radius 1 is 1.38 bits per heavy atom. The summed E-state index contributed by atoms with van der Waals surface area (Å²) >= 11 is 0. The minimum Gasteiger partial charge on any atom is -0.381 e. The Morgan fingerprint density at radius 2 is 2.15 bits per heavy atom. The van der Waals surface area contributed by atoms with Crippen LogP contribution in [0.4, 0.5) is 0 Å². The van der Waals surface area contributed by atoms with Gasteiger partial charge in [-0.05, 0) is 12.5 Å². The van der Waals surface area contributed by atoms with E-state index in [9.17, 15) is 0 Å². The fourth-order valence-electron chi connectivity index (χ4n) is 2.48. The molecule has 2 heterocycles. The number of hydrogen-bond donors (Lipinski definition) is 1. The Bertz CT molecular complexity index is 194. The molecule has 1 fully saturated rings. The third-order valence-corrected chi connectivity index (χ3v) is 3.26. The second kappa shape index (κ2) is 4.25. The van der Waals surface area contributed by atoms with Gasteiger partial charge in [0.25, 0.3) is 0 Å². The van der Waals surface area contributed by atoms with Gasteiger partial charge < -0.3 is 9.64 Å². The summed E-state index contributed by atoms with van der Waals surface area (Å²) in [7, 11) is 0. The summed E-state index contributed by atoms with van der Waals surface area (Å²) in [6, 6.07) is 0.873. The molecule has 0 aliphatic carbocycles. The Morgan fingerprint density at radius 3 is 2.85 bits per heavy atom. The average molecular weight is 182 g/mol. The number of hydrogen-bond acceptors (Lipinski definition) is 1. The summed E-state index contributed by atoms with van der Waals surface area (Å²) in [5, 5.41) is 0. The summed E-state index contributed by atoms with van der Waals surface area (Å²) in [5.74, 6) is 0. The van der Waals surface area contributed by atoms with Gasteiger partial charge in [-0.15, -0.1) is 0 Å². The SMILES string of the molecule is CC1=CCC[NH+](C2CCOCC2)C1. The first-order valence-corrected chi connectivity index (χ1v) is 5.44. The van der Waals surface area contributed by atoms with Crippen LogP contribution in [0.1, 0.15) is 26.2 Å². The Balaban J connectivity index is 1.89. The second-order valence-electron chi connectivity index (χ2n) is 4.31. The average Bonchev–Trinajstić information content (AvgIpc) is 2.19. The van der Waals surface area contributed by atoms with Crippen LogP contribution in [0.3, 0.4) is 0 Å². The molecular formula is C11H20NO+. The van der Waals surface area contributed by atoms with Crippen molar-refractivity contribution < 1.29 is 9.64 Å². The third kappa shape index (κ3) is 2.32. The largest absolute Gasteiger partial charge is 0.381 e. The molecule has 1 unspecified atom stereocenters. The van der Waals surface area contributed by atoms with E-state index in [4.69, 9.17) is 4.74 Å². The van der Waals surface area contributed by atoms with Crippen LogP contribution in [0.2, 0.25) is 0 Å². The van der Waals surface area contributed by atoms with E-state index in [-0.39, 0.29) is 0 Å². The van der Waals surface area contributed by atoms with Gasteiger partial charge in [-0.25, -0.2) is 0 Å². The van der Waals surface area contributed by atoms with Gasteiger partial charge in [0.15, 0.2) is 0 Å². The van der Waals surface area contributed by atoms with Gasteiger partial charge in [0.2, 0.25) is 0 Å². The maximum Gasteiger partial charge on any atom is 0.0987 e. The molecule has 0 bridgehead atoms. The molecule has 0 radical (unpaired) electrons. The molecule has 0 aromatic carbocycles. The van der Waals surface area contributed by atoms with Crippen LogP contribution in [0, 0.1) is 0 Å². The Hall–Kier alpha value is -0.340. The van der Waals surface area contributed by atoms with E-state index < -0.39 is 0 Å². The molecular weight excluding hydrogens is 162 g/mol. The first-order chi connectivity index (χ1) is 6.36. The van der Waals surface area contributed by atoms with Crippen molar-refractivity contribution in [3.8, 4) is 0 Å². The lowest BCUT2D eigenvalue weighted by Crippen LogP contribution is -3.16. The molecule has 2 rings (SSSR count). The maximum absolute atomic E-state index is 5.39. The summed E-state index contributed by atoms with van der Waals surface area (Å²) in [4.78, 5) is 1.79. The van der Waals surface area contributed by atoms with Gasteiger partial charge in [0, 0.05) is 19.3 Å². The van der Waals surface area contributed by atoms with Crippen molar-refractivity contribution in [1.29, 1.82) is 0 Å². The Kier molecular flexibility index (Phi) is 3.01. The summed E-state index contributed by atoms with van der Waals surface area (Å²) in [6.45, 7) is 6.83. The quantitative estimate of drug-likeness (QED) is 0.580. The maximum atomic E-state index is 5.39. The zero-order valence-corrected chi connectivity index (χ0v) is 8.51. The van der Waals surface area contributed by atoms with E-state index in [0.29, 0.717) is 0 Å². The van der Waals surface area contributed by atoms with Crippen molar-refractivity contribution in [2.75, 3.05) is 26.3 Å². The predicted octanol–water partition coefficient (Wildman–Crippen LogP) is 0.400. The highest BCUT2D eigenvalue weighted by atomic mass is 16.5. The van der Waals surface area contributed by atoms with E-state index in [1.54, 1.807) is 10.5 Å². The highest BCUT2D eigenvalue weighted by Gasteiger charge is 2.25. The number of rotatable bonds is 1. The van der Waals surface area contributed by atoms with Gasteiger partial charge in [0.1, 0.15) is 0 Å². The Labute approximate surface area is 80.6 Å². The molecule has 2 nitrogen and oxygen atoms in total. The van der Waals surface area contributed by atoms with E-state index in [1.807, 2.05) is 0 Å². The summed E-state index contributed by atoms with van der Waals surface area (Å²) in [6.07, 6.45) is 6.20. The van der Waals surface area contributed by atoms with Crippen molar-refractivity contribution in [2.45, 2.75) is 32.2 Å². The minimum absolute atomic E-state index is 0.873. The van der Waals surface area contributed by atoms with Gasteiger partial charge in [-0.3, -0.25) is 0 Å². The second-order valence-corrected chi connectivity index (χ2v) is 4.31. The number of quaternary nitrogens is 1. The molecule has 0 amide bonds. The molecule has 1 N–H and O–H groups in total. The van der Waals surface area contributed by atoms with Gasteiger partial charge in [0.05, 0.1) is 32.3 Å². The van der Waals surface area contributed by atoms with Gasteiger partial charge in [-0.1, -0.05) is 6.08 Å². The first-order valence-electron chi connectivity index (χ1n) is 5.44. The van der Waals surface area contributed by atoms with Crippen LogP contribution in [0.15, 0.2) is 11.6 Å². The number of ether oxygens (including phenoxy) is 1. The van der Waals surface area contributed by atoms with Crippen LogP contribution in [0.5, 0.6) is 0 Å². The fraction of sp³-hybridized carbons (Fsp3) is 0.818. The summed E-state index contributed by atoms with van der Waals surface area (Å²) < 4.78 is 5.39. The lowest BCUT2D eigenvalue weighted by molar-refractivity contribution is -0.924. The van der Waals surface area contributed by atoms with Crippen molar-refractivity contribution in [3.63, 3.8) is 0 Å². The highest BCUT2D eigenvalue weighted by Crippen LogP contribution is 2.05. The smallest absolute Gasteiger partial charge is 0.0987 e. The van der Waals surface area contributed by atoms with Gasteiger partial charge in [-0.2, -0.15) is 0 Å². The lowest BCUT2D eigenvalue weighted by atomic mass is 10.0. The normalized spacial score (nSPS) is 31.5.